The minimum absolute atomic E-state index is 0.172. The predicted octanol–water partition coefficient (Wildman–Crippen LogP) is 4.21. The number of hydrogen-bond donors (Lipinski definition) is 1. The van der Waals surface area contributed by atoms with E-state index in [2.05, 4.69) is 40.5 Å². The van der Waals surface area contributed by atoms with Crippen molar-refractivity contribution in [3.8, 4) is 0 Å². The average molecular weight is 298 g/mol. The van der Waals surface area contributed by atoms with Crippen LogP contribution in [0, 0.1) is 12.7 Å². The molecule has 2 aromatic carbocycles. The van der Waals surface area contributed by atoms with Crippen molar-refractivity contribution in [1.29, 1.82) is 0 Å². The predicted molar refractivity (Wildman–Crippen MR) is 89.5 cm³/mol. The van der Waals surface area contributed by atoms with Gasteiger partial charge >= 0.3 is 0 Å². The molecule has 2 nitrogen and oxygen atoms in total. The minimum atomic E-state index is -0.172. The molecule has 0 bridgehead atoms. The Kier molecular flexibility index (Phi) is 4.74. The molecular formula is C19H23FN2. The smallest absolute Gasteiger partial charge is 0.125 e. The number of aryl methyl sites for hydroxylation is 1. The van der Waals surface area contributed by atoms with Crippen LogP contribution in [-0.2, 0) is 6.54 Å². The molecule has 0 aromatic heterocycles. The normalized spacial score (nSPS) is 16.6. The molecule has 0 spiro atoms. The van der Waals surface area contributed by atoms with E-state index >= 15 is 0 Å². The van der Waals surface area contributed by atoms with E-state index in [1.54, 1.807) is 6.07 Å². The van der Waals surface area contributed by atoms with Crippen LogP contribution in [0.25, 0.3) is 0 Å². The number of nitrogens with zero attached hydrogens (tertiary/aromatic N) is 1. The van der Waals surface area contributed by atoms with Crippen LogP contribution in [0.4, 0.5) is 10.1 Å². The van der Waals surface area contributed by atoms with Gasteiger partial charge in [-0.15, -0.1) is 0 Å². The van der Waals surface area contributed by atoms with Gasteiger partial charge in [0, 0.05) is 31.4 Å². The first-order valence-electron chi connectivity index (χ1n) is 8.00. The van der Waals surface area contributed by atoms with E-state index in [0.29, 0.717) is 6.04 Å². The maximum Gasteiger partial charge on any atom is 0.125 e. The van der Waals surface area contributed by atoms with E-state index in [9.17, 15) is 4.39 Å². The third kappa shape index (κ3) is 3.86. The summed E-state index contributed by atoms with van der Waals surface area (Å²) >= 11 is 0. The van der Waals surface area contributed by atoms with Gasteiger partial charge in [-0.25, -0.2) is 4.39 Å². The second kappa shape index (κ2) is 6.93. The van der Waals surface area contributed by atoms with Crippen LogP contribution in [0.3, 0.4) is 0 Å². The summed E-state index contributed by atoms with van der Waals surface area (Å²) in [5, 5.41) is 3.51. The van der Waals surface area contributed by atoms with E-state index in [0.717, 1.165) is 43.7 Å². The molecule has 3 heteroatoms. The number of benzene rings is 2. The van der Waals surface area contributed by atoms with Gasteiger partial charge in [-0.2, -0.15) is 0 Å². The SMILES string of the molecule is Cc1ccc(F)cc1NC1CCN(Cc2ccccc2)CC1. The monoisotopic (exact) mass is 298 g/mol. The van der Waals surface area contributed by atoms with Gasteiger partial charge in [0.1, 0.15) is 5.82 Å². The number of hydrogen-bond acceptors (Lipinski definition) is 2. The molecule has 1 fully saturated rings. The Bertz CT molecular complexity index is 604. The van der Waals surface area contributed by atoms with Crippen LogP contribution < -0.4 is 5.32 Å². The van der Waals surface area contributed by atoms with Crippen LogP contribution in [0.2, 0.25) is 0 Å². The molecule has 0 saturated carbocycles. The average Bonchev–Trinajstić information content (AvgIpc) is 2.54. The summed E-state index contributed by atoms with van der Waals surface area (Å²) in [4.78, 5) is 2.49. The molecule has 1 saturated heterocycles. The Balaban J connectivity index is 1.52. The van der Waals surface area contributed by atoms with E-state index in [4.69, 9.17) is 0 Å². The molecule has 1 N–H and O–H groups in total. The van der Waals surface area contributed by atoms with Crippen molar-refractivity contribution in [1.82, 2.24) is 4.90 Å². The Morgan fingerprint density at radius 1 is 1.09 bits per heavy atom. The first kappa shape index (κ1) is 15.0. The highest BCUT2D eigenvalue weighted by atomic mass is 19.1. The number of rotatable bonds is 4. The maximum absolute atomic E-state index is 13.4. The fourth-order valence-electron chi connectivity index (χ4n) is 3.05. The fourth-order valence-corrected chi connectivity index (χ4v) is 3.05. The first-order valence-corrected chi connectivity index (χ1v) is 8.00. The lowest BCUT2D eigenvalue weighted by Crippen LogP contribution is -2.38. The van der Waals surface area contributed by atoms with Crippen molar-refractivity contribution in [2.45, 2.75) is 32.4 Å². The molecule has 0 aliphatic carbocycles. The van der Waals surface area contributed by atoms with Crippen molar-refractivity contribution in [3.63, 3.8) is 0 Å². The molecule has 1 heterocycles. The zero-order chi connectivity index (χ0) is 15.4. The number of piperidine rings is 1. The number of anilines is 1. The summed E-state index contributed by atoms with van der Waals surface area (Å²) in [5.74, 6) is -0.172. The van der Waals surface area contributed by atoms with Crippen LogP contribution in [0.1, 0.15) is 24.0 Å². The lowest BCUT2D eigenvalue weighted by atomic mass is 10.0. The molecule has 2 aromatic rings. The van der Waals surface area contributed by atoms with Gasteiger partial charge in [0.05, 0.1) is 0 Å². The Morgan fingerprint density at radius 3 is 2.55 bits per heavy atom. The summed E-state index contributed by atoms with van der Waals surface area (Å²) in [6.45, 7) is 5.21. The van der Waals surface area contributed by atoms with E-state index in [1.807, 2.05) is 13.0 Å². The second-order valence-electron chi connectivity index (χ2n) is 6.14. The number of nitrogens with one attached hydrogen (secondary N) is 1. The van der Waals surface area contributed by atoms with E-state index in [-0.39, 0.29) is 5.82 Å². The van der Waals surface area contributed by atoms with E-state index < -0.39 is 0 Å². The van der Waals surface area contributed by atoms with Crippen LogP contribution in [-0.4, -0.2) is 24.0 Å². The zero-order valence-electron chi connectivity index (χ0n) is 13.1. The van der Waals surface area contributed by atoms with E-state index in [1.165, 1.54) is 11.6 Å². The Labute approximate surface area is 132 Å². The van der Waals surface area contributed by atoms with Gasteiger partial charge in [-0.1, -0.05) is 36.4 Å². The van der Waals surface area contributed by atoms with Gasteiger partial charge in [0.2, 0.25) is 0 Å². The van der Waals surface area contributed by atoms with Gasteiger partial charge < -0.3 is 5.32 Å². The third-order valence-electron chi connectivity index (χ3n) is 4.40. The summed E-state index contributed by atoms with van der Waals surface area (Å²) in [6.07, 6.45) is 2.20. The molecule has 1 aliphatic rings. The van der Waals surface area contributed by atoms with Gasteiger partial charge in [-0.3, -0.25) is 4.90 Å². The van der Waals surface area contributed by atoms with Gasteiger partial charge in [0.25, 0.3) is 0 Å². The third-order valence-corrected chi connectivity index (χ3v) is 4.40. The fraction of sp³-hybridized carbons (Fsp3) is 0.368. The van der Waals surface area contributed by atoms with Crippen LogP contribution in [0.15, 0.2) is 48.5 Å². The molecule has 0 amide bonds. The number of halogens is 1. The standard InChI is InChI=1S/C19H23FN2/c1-15-7-8-17(20)13-19(15)21-18-9-11-22(12-10-18)14-16-5-3-2-4-6-16/h2-8,13,18,21H,9-12,14H2,1H3. The summed E-state index contributed by atoms with van der Waals surface area (Å²) < 4.78 is 13.4. The molecule has 0 unspecified atom stereocenters. The van der Waals surface area contributed by atoms with Crippen molar-refractivity contribution < 1.29 is 4.39 Å². The molecular weight excluding hydrogens is 275 g/mol. The lowest BCUT2D eigenvalue weighted by molar-refractivity contribution is 0.211. The maximum atomic E-state index is 13.4. The van der Waals surface area contributed by atoms with Crippen LogP contribution in [0.5, 0.6) is 0 Å². The molecule has 0 radical (unpaired) electrons. The summed E-state index contributed by atoms with van der Waals surface area (Å²) in [6, 6.07) is 16.0. The highest BCUT2D eigenvalue weighted by Gasteiger charge is 2.19. The zero-order valence-corrected chi connectivity index (χ0v) is 13.1. The quantitative estimate of drug-likeness (QED) is 0.909. The topological polar surface area (TPSA) is 15.3 Å². The lowest BCUT2D eigenvalue weighted by Gasteiger charge is -2.33. The highest BCUT2D eigenvalue weighted by Crippen LogP contribution is 2.21. The van der Waals surface area contributed by atoms with Crippen molar-refractivity contribution in [2.24, 2.45) is 0 Å². The number of likely N-dealkylation sites (tertiary alicyclic amines) is 1. The first-order chi connectivity index (χ1) is 10.7. The van der Waals surface area contributed by atoms with Crippen molar-refractivity contribution >= 4 is 5.69 Å². The van der Waals surface area contributed by atoms with Crippen molar-refractivity contribution in [2.75, 3.05) is 18.4 Å². The Hall–Kier alpha value is -1.87. The van der Waals surface area contributed by atoms with Crippen LogP contribution >= 0.6 is 0 Å². The molecule has 0 atom stereocenters. The molecule has 22 heavy (non-hydrogen) atoms. The van der Waals surface area contributed by atoms with Gasteiger partial charge in [-0.05, 0) is 43.0 Å². The molecule has 116 valence electrons. The summed E-state index contributed by atoms with van der Waals surface area (Å²) in [7, 11) is 0. The second-order valence-corrected chi connectivity index (χ2v) is 6.14. The Morgan fingerprint density at radius 2 is 1.82 bits per heavy atom. The molecule has 3 rings (SSSR count). The molecule has 1 aliphatic heterocycles. The van der Waals surface area contributed by atoms with Gasteiger partial charge in [0.15, 0.2) is 0 Å². The highest BCUT2D eigenvalue weighted by molar-refractivity contribution is 5.51. The van der Waals surface area contributed by atoms with Crippen molar-refractivity contribution in [3.05, 3.63) is 65.5 Å². The minimum Gasteiger partial charge on any atom is -0.382 e. The summed E-state index contributed by atoms with van der Waals surface area (Å²) in [5.41, 5.74) is 3.41. The largest absolute Gasteiger partial charge is 0.382 e.